The highest BCUT2D eigenvalue weighted by Crippen LogP contribution is 2.43. The molecule has 7 nitrogen and oxygen atoms in total. The normalized spacial score (nSPS) is 33.5. The first-order valence-corrected chi connectivity index (χ1v) is 9.99. The maximum Gasteiger partial charge on any atom is 0.292 e. The average molecular weight is 376 g/mol. The monoisotopic (exact) mass is 376 g/mol. The number of furan rings is 1. The highest BCUT2D eigenvalue weighted by atomic mass is 16.5. The van der Waals surface area contributed by atoms with Crippen LogP contribution in [0.4, 0.5) is 0 Å². The molecular formula is C20H28N2O5. The highest BCUT2D eigenvalue weighted by Gasteiger charge is 2.54. The highest BCUT2D eigenvalue weighted by molar-refractivity contribution is 5.96. The zero-order valence-electron chi connectivity index (χ0n) is 15.8. The molecule has 2 aliphatic heterocycles. The van der Waals surface area contributed by atoms with Crippen LogP contribution in [0.15, 0.2) is 22.8 Å². The Morgan fingerprint density at radius 2 is 2.22 bits per heavy atom. The van der Waals surface area contributed by atoms with Crippen molar-refractivity contribution in [2.24, 2.45) is 5.92 Å². The molecule has 0 aromatic carbocycles. The first-order chi connectivity index (χ1) is 13.1. The number of hydrogen-bond acceptors (Lipinski definition) is 5. The third-order valence-corrected chi connectivity index (χ3v) is 5.97. The lowest BCUT2D eigenvalue weighted by atomic mass is 9.83. The fourth-order valence-corrected chi connectivity index (χ4v) is 4.66. The molecule has 3 aliphatic rings. The molecule has 2 amide bonds. The second-order valence-corrected chi connectivity index (χ2v) is 8.01. The number of ether oxygens (including phenoxy) is 2. The Kier molecular flexibility index (Phi) is 5.23. The second-order valence-electron chi connectivity index (χ2n) is 8.01. The SMILES string of the molecule is CC1CCCC2(C1)OCC(C(=O)NCC1CCCO1)N2C(=O)c1ccco1. The number of nitrogens with one attached hydrogen (secondary N) is 1. The fourth-order valence-electron chi connectivity index (χ4n) is 4.66. The first kappa shape index (κ1) is 18.5. The molecule has 0 radical (unpaired) electrons. The quantitative estimate of drug-likeness (QED) is 0.872. The smallest absolute Gasteiger partial charge is 0.292 e. The van der Waals surface area contributed by atoms with Crippen LogP contribution < -0.4 is 5.32 Å². The predicted molar refractivity (Wildman–Crippen MR) is 97.0 cm³/mol. The summed E-state index contributed by atoms with van der Waals surface area (Å²) < 4.78 is 17.1. The molecule has 148 valence electrons. The Balaban J connectivity index is 1.54. The molecule has 1 aromatic rings. The van der Waals surface area contributed by atoms with Gasteiger partial charge in [-0.25, -0.2) is 0 Å². The van der Waals surface area contributed by atoms with Gasteiger partial charge < -0.3 is 19.2 Å². The molecule has 3 fully saturated rings. The summed E-state index contributed by atoms with van der Waals surface area (Å²) in [5.41, 5.74) is -0.715. The van der Waals surface area contributed by atoms with E-state index < -0.39 is 11.8 Å². The molecule has 1 saturated carbocycles. The van der Waals surface area contributed by atoms with E-state index in [4.69, 9.17) is 13.9 Å². The van der Waals surface area contributed by atoms with E-state index in [2.05, 4.69) is 12.2 Å². The van der Waals surface area contributed by atoms with Gasteiger partial charge in [0.25, 0.3) is 5.91 Å². The van der Waals surface area contributed by atoms with Crippen molar-refractivity contribution in [1.29, 1.82) is 0 Å². The van der Waals surface area contributed by atoms with Gasteiger partial charge in [0.05, 0.1) is 19.0 Å². The van der Waals surface area contributed by atoms with E-state index in [0.717, 1.165) is 45.1 Å². The lowest BCUT2D eigenvalue weighted by Gasteiger charge is -2.43. The average Bonchev–Trinajstić information content (AvgIpc) is 3.40. The Labute approximate surface area is 159 Å². The standard InChI is InChI=1S/C20H28N2O5/c1-14-5-2-8-20(11-14)22(19(24)17-7-4-10-26-17)16(13-27-20)18(23)21-12-15-6-3-9-25-15/h4,7,10,14-16H,2-3,5-6,8-9,11-13H2,1H3,(H,21,23). The summed E-state index contributed by atoms with van der Waals surface area (Å²) in [6.45, 7) is 3.61. The summed E-state index contributed by atoms with van der Waals surface area (Å²) in [4.78, 5) is 27.8. The molecule has 27 heavy (non-hydrogen) atoms. The van der Waals surface area contributed by atoms with Gasteiger partial charge in [0, 0.05) is 13.2 Å². The Morgan fingerprint density at radius 1 is 1.33 bits per heavy atom. The first-order valence-electron chi connectivity index (χ1n) is 9.99. The zero-order valence-corrected chi connectivity index (χ0v) is 15.8. The number of nitrogens with zero attached hydrogens (tertiary/aromatic N) is 1. The summed E-state index contributed by atoms with van der Waals surface area (Å²) in [5, 5.41) is 2.96. The van der Waals surface area contributed by atoms with Crippen molar-refractivity contribution >= 4 is 11.8 Å². The van der Waals surface area contributed by atoms with Crippen molar-refractivity contribution in [3.8, 4) is 0 Å². The van der Waals surface area contributed by atoms with Gasteiger partial charge >= 0.3 is 0 Å². The van der Waals surface area contributed by atoms with Crippen LogP contribution in [-0.2, 0) is 14.3 Å². The third kappa shape index (κ3) is 3.62. The fraction of sp³-hybridized carbons (Fsp3) is 0.700. The van der Waals surface area contributed by atoms with Crippen molar-refractivity contribution in [2.45, 2.75) is 63.3 Å². The molecule has 7 heteroatoms. The van der Waals surface area contributed by atoms with E-state index in [0.29, 0.717) is 12.5 Å². The van der Waals surface area contributed by atoms with Gasteiger partial charge in [0.15, 0.2) is 5.76 Å². The maximum atomic E-state index is 13.2. The number of carbonyl (C=O) groups excluding carboxylic acids is 2. The van der Waals surface area contributed by atoms with Crippen LogP contribution in [0.2, 0.25) is 0 Å². The van der Waals surface area contributed by atoms with E-state index >= 15 is 0 Å². The van der Waals surface area contributed by atoms with E-state index in [9.17, 15) is 9.59 Å². The summed E-state index contributed by atoms with van der Waals surface area (Å²) >= 11 is 0. The molecule has 0 bridgehead atoms. The second kappa shape index (κ2) is 7.64. The summed E-state index contributed by atoms with van der Waals surface area (Å²) in [7, 11) is 0. The lowest BCUT2D eigenvalue weighted by molar-refractivity contribution is -0.129. The Bertz CT molecular complexity index is 670. The Morgan fingerprint density at radius 3 is 2.93 bits per heavy atom. The van der Waals surface area contributed by atoms with E-state index in [1.165, 1.54) is 6.26 Å². The molecule has 1 aliphatic carbocycles. The number of hydrogen-bond donors (Lipinski definition) is 1. The van der Waals surface area contributed by atoms with Crippen molar-refractivity contribution in [3.05, 3.63) is 24.2 Å². The van der Waals surface area contributed by atoms with E-state index in [1.807, 2.05) is 0 Å². The van der Waals surface area contributed by atoms with Gasteiger partial charge in [-0.2, -0.15) is 0 Å². The van der Waals surface area contributed by atoms with Crippen LogP contribution >= 0.6 is 0 Å². The number of amides is 2. The van der Waals surface area contributed by atoms with Gasteiger partial charge in [-0.05, 0) is 50.2 Å². The molecule has 4 rings (SSSR count). The van der Waals surface area contributed by atoms with Crippen LogP contribution in [0.5, 0.6) is 0 Å². The topological polar surface area (TPSA) is 81.0 Å². The molecule has 1 N–H and O–H groups in total. The summed E-state index contributed by atoms with van der Waals surface area (Å²) in [5.74, 6) is 0.235. The van der Waals surface area contributed by atoms with Crippen molar-refractivity contribution in [1.82, 2.24) is 10.2 Å². The van der Waals surface area contributed by atoms with Crippen LogP contribution in [0, 0.1) is 5.92 Å². The zero-order chi connectivity index (χ0) is 18.9. The molecule has 1 aromatic heterocycles. The van der Waals surface area contributed by atoms with Gasteiger partial charge in [-0.1, -0.05) is 13.3 Å². The van der Waals surface area contributed by atoms with Crippen LogP contribution in [0.3, 0.4) is 0 Å². The lowest BCUT2D eigenvalue weighted by Crippen LogP contribution is -2.57. The van der Waals surface area contributed by atoms with Gasteiger partial charge in [0.1, 0.15) is 11.8 Å². The minimum atomic E-state index is -0.715. The minimum Gasteiger partial charge on any atom is -0.459 e. The summed E-state index contributed by atoms with van der Waals surface area (Å²) in [6, 6.07) is 2.68. The van der Waals surface area contributed by atoms with Gasteiger partial charge in [0.2, 0.25) is 5.91 Å². The van der Waals surface area contributed by atoms with Gasteiger partial charge in [-0.3, -0.25) is 14.5 Å². The molecule has 4 atom stereocenters. The molecular weight excluding hydrogens is 348 g/mol. The van der Waals surface area contributed by atoms with Gasteiger partial charge in [-0.15, -0.1) is 0 Å². The van der Waals surface area contributed by atoms with Crippen LogP contribution in [0.1, 0.15) is 56.0 Å². The van der Waals surface area contributed by atoms with Crippen LogP contribution in [0.25, 0.3) is 0 Å². The van der Waals surface area contributed by atoms with E-state index in [-0.39, 0.29) is 30.3 Å². The predicted octanol–water partition coefficient (Wildman–Crippen LogP) is 2.32. The number of carbonyl (C=O) groups is 2. The van der Waals surface area contributed by atoms with E-state index in [1.54, 1.807) is 17.0 Å². The molecule has 4 unspecified atom stereocenters. The third-order valence-electron chi connectivity index (χ3n) is 5.97. The largest absolute Gasteiger partial charge is 0.459 e. The van der Waals surface area contributed by atoms with Crippen molar-refractivity contribution in [2.75, 3.05) is 19.8 Å². The maximum absolute atomic E-state index is 13.2. The molecule has 3 heterocycles. The summed E-state index contributed by atoms with van der Waals surface area (Å²) in [6.07, 6.45) is 7.11. The van der Waals surface area contributed by atoms with Crippen molar-refractivity contribution in [3.63, 3.8) is 0 Å². The minimum absolute atomic E-state index is 0.0640. The molecule has 1 spiro atoms. The Hall–Kier alpha value is -1.86. The van der Waals surface area contributed by atoms with Crippen LogP contribution in [-0.4, -0.2) is 54.3 Å². The molecule has 2 saturated heterocycles. The van der Waals surface area contributed by atoms with Crippen molar-refractivity contribution < 1.29 is 23.5 Å². The number of rotatable bonds is 4.